The molecule has 2 aliphatic carbocycles. The third-order valence-electron chi connectivity index (χ3n) is 7.79. The lowest BCUT2D eigenvalue weighted by atomic mass is 9.72. The fraction of sp³-hybridized carbons (Fsp3) is 0.704. The lowest BCUT2D eigenvalue weighted by molar-refractivity contribution is 0.00693. The molecular formula is C27H42O4. The van der Waals surface area contributed by atoms with Gasteiger partial charge in [-0.2, -0.15) is 0 Å². The van der Waals surface area contributed by atoms with E-state index in [1.54, 1.807) is 7.11 Å². The molecule has 0 amide bonds. The van der Waals surface area contributed by atoms with E-state index in [0.29, 0.717) is 25.0 Å². The molecule has 31 heavy (non-hydrogen) atoms. The molecule has 0 radical (unpaired) electrons. The number of allylic oxidation sites excluding steroid dienone is 1. The van der Waals surface area contributed by atoms with Gasteiger partial charge in [0, 0.05) is 13.7 Å². The highest BCUT2D eigenvalue weighted by Gasteiger charge is 2.49. The Morgan fingerprint density at radius 1 is 1.13 bits per heavy atom. The number of benzene rings is 1. The molecule has 5 atom stereocenters. The molecule has 0 heterocycles. The van der Waals surface area contributed by atoms with E-state index in [2.05, 4.69) is 19.9 Å². The van der Waals surface area contributed by atoms with Gasteiger partial charge in [0.25, 0.3) is 0 Å². The molecule has 174 valence electrons. The van der Waals surface area contributed by atoms with Crippen molar-refractivity contribution in [3.8, 4) is 5.75 Å². The molecule has 0 bridgehead atoms. The molecule has 4 heteroatoms. The quantitative estimate of drug-likeness (QED) is 0.478. The summed E-state index contributed by atoms with van der Waals surface area (Å²) < 4.78 is 17.4. The van der Waals surface area contributed by atoms with Gasteiger partial charge >= 0.3 is 0 Å². The van der Waals surface area contributed by atoms with Crippen LogP contribution in [0.3, 0.4) is 0 Å². The second kappa shape index (κ2) is 11.5. The molecule has 1 aromatic rings. The summed E-state index contributed by atoms with van der Waals surface area (Å²) >= 11 is 0. The van der Waals surface area contributed by atoms with E-state index in [0.717, 1.165) is 30.6 Å². The van der Waals surface area contributed by atoms with E-state index in [9.17, 15) is 5.11 Å². The van der Waals surface area contributed by atoms with Crippen LogP contribution in [0.15, 0.2) is 35.9 Å². The normalized spacial score (nSPS) is 30.0. The molecule has 0 spiro atoms. The Morgan fingerprint density at radius 3 is 2.58 bits per heavy atom. The second-order valence-corrected chi connectivity index (χ2v) is 9.96. The minimum atomic E-state index is 0.0656. The predicted molar refractivity (Wildman–Crippen MR) is 125 cm³/mol. The molecule has 0 aromatic heterocycles. The second-order valence-electron chi connectivity index (χ2n) is 9.96. The van der Waals surface area contributed by atoms with Crippen LogP contribution in [0.1, 0.15) is 64.4 Å². The minimum absolute atomic E-state index is 0.0656. The van der Waals surface area contributed by atoms with E-state index in [1.165, 1.54) is 31.3 Å². The lowest BCUT2D eigenvalue weighted by Crippen LogP contribution is -2.34. The van der Waals surface area contributed by atoms with Crippen LogP contribution in [0.5, 0.6) is 5.75 Å². The van der Waals surface area contributed by atoms with Crippen molar-refractivity contribution in [2.75, 3.05) is 27.4 Å². The molecule has 0 saturated heterocycles. The van der Waals surface area contributed by atoms with Crippen molar-refractivity contribution in [1.82, 2.24) is 0 Å². The largest absolute Gasteiger partial charge is 0.497 e. The highest BCUT2D eigenvalue weighted by molar-refractivity contribution is 5.26. The fourth-order valence-electron chi connectivity index (χ4n) is 5.98. The molecule has 0 aliphatic heterocycles. The highest BCUT2D eigenvalue weighted by Crippen LogP contribution is 2.53. The number of methoxy groups -OCH3 is 2. The molecule has 4 nitrogen and oxygen atoms in total. The van der Waals surface area contributed by atoms with E-state index in [4.69, 9.17) is 14.2 Å². The Bertz CT molecular complexity index is 698. The third-order valence-corrected chi connectivity index (χ3v) is 7.79. The van der Waals surface area contributed by atoms with E-state index < -0.39 is 0 Å². The topological polar surface area (TPSA) is 47.9 Å². The zero-order valence-corrected chi connectivity index (χ0v) is 19.9. The predicted octanol–water partition coefficient (Wildman–Crippen LogP) is 5.78. The van der Waals surface area contributed by atoms with Gasteiger partial charge in [0.1, 0.15) is 5.75 Å². The van der Waals surface area contributed by atoms with Crippen LogP contribution in [-0.4, -0.2) is 38.6 Å². The monoisotopic (exact) mass is 430 g/mol. The van der Waals surface area contributed by atoms with Crippen molar-refractivity contribution in [3.05, 3.63) is 41.5 Å². The first-order chi connectivity index (χ1) is 15.0. The number of aliphatic hydroxyl groups is 1. The molecular weight excluding hydrogens is 388 g/mol. The van der Waals surface area contributed by atoms with Crippen molar-refractivity contribution >= 4 is 0 Å². The van der Waals surface area contributed by atoms with Gasteiger partial charge in [0.05, 0.1) is 26.4 Å². The zero-order valence-electron chi connectivity index (χ0n) is 19.9. The fourth-order valence-corrected chi connectivity index (χ4v) is 5.98. The van der Waals surface area contributed by atoms with Crippen molar-refractivity contribution in [1.29, 1.82) is 0 Å². The van der Waals surface area contributed by atoms with Gasteiger partial charge in [-0.1, -0.05) is 38.5 Å². The SMILES string of the molecule is COc1ccc(COC[C@@H]2[C@@H](C)C[C@@](C)(C[C@H](OC)C3=CCCCCC3)[C@H]2CO)cc1. The van der Waals surface area contributed by atoms with E-state index >= 15 is 0 Å². The van der Waals surface area contributed by atoms with Gasteiger partial charge in [-0.15, -0.1) is 0 Å². The Hall–Kier alpha value is -1.36. The van der Waals surface area contributed by atoms with E-state index in [1.807, 2.05) is 31.4 Å². The standard InChI is InChI=1S/C27H42O4/c1-20-15-27(2,16-26(30-4)22-9-7-5-6-8-10-22)25(17-28)24(20)19-31-18-21-11-13-23(29-3)14-12-21/h9,11-14,20,24-26,28H,5-8,10,15-19H2,1-4H3/t20-,24+,25-,26-,27-/m0/s1. The van der Waals surface area contributed by atoms with Crippen LogP contribution in [0.25, 0.3) is 0 Å². The van der Waals surface area contributed by atoms with Crippen LogP contribution in [0.2, 0.25) is 0 Å². The Morgan fingerprint density at radius 2 is 1.90 bits per heavy atom. The van der Waals surface area contributed by atoms with Crippen molar-refractivity contribution in [3.63, 3.8) is 0 Å². The molecule has 1 fully saturated rings. The van der Waals surface area contributed by atoms with E-state index in [-0.39, 0.29) is 24.0 Å². The van der Waals surface area contributed by atoms with Crippen molar-refractivity contribution in [2.24, 2.45) is 23.2 Å². The van der Waals surface area contributed by atoms with Gasteiger partial charge in [0.15, 0.2) is 0 Å². The van der Waals surface area contributed by atoms with Crippen LogP contribution >= 0.6 is 0 Å². The summed E-state index contributed by atoms with van der Waals surface area (Å²) in [7, 11) is 3.53. The first-order valence-corrected chi connectivity index (χ1v) is 12.0. The summed E-state index contributed by atoms with van der Waals surface area (Å²) in [5, 5.41) is 10.4. The van der Waals surface area contributed by atoms with Crippen molar-refractivity contribution in [2.45, 2.75) is 71.5 Å². The highest BCUT2D eigenvalue weighted by atomic mass is 16.5. The summed E-state index contributed by atoms with van der Waals surface area (Å²) in [6, 6.07) is 8.04. The minimum Gasteiger partial charge on any atom is -0.497 e. The molecule has 1 N–H and O–H groups in total. The van der Waals surface area contributed by atoms with Crippen LogP contribution < -0.4 is 4.74 Å². The average molecular weight is 431 g/mol. The summed E-state index contributed by atoms with van der Waals surface area (Å²) in [5.74, 6) is 2.00. The Kier molecular flexibility index (Phi) is 9.00. The van der Waals surface area contributed by atoms with Crippen LogP contribution in [0, 0.1) is 23.2 Å². The zero-order chi connectivity index (χ0) is 22.3. The van der Waals surface area contributed by atoms with Crippen molar-refractivity contribution < 1.29 is 19.3 Å². The molecule has 2 aliphatic rings. The number of aliphatic hydroxyl groups excluding tert-OH is 1. The molecule has 0 unspecified atom stereocenters. The Labute approximate surface area is 189 Å². The summed E-state index contributed by atoms with van der Waals surface area (Å²) in [6.45, 7) is 6.18. The smallest absolute Gasteiger partial charge is 0.118 e. The van der Waals surface area contributed by atoms with Gasteiger partial charge in [-0.25, -0.2) is 0 Å². The summed E-state index contributed by atoms with van der Waals surface area (Å²) in [6.07, 6.45) is 10.9. The maximum atomic E-state index is 10.4. The molecule has 1 aromatic carbocycles. The molecule has 3 rings (SSSR count). The summed E-state index contributed by atoms with van der Waals surface area (Å²) in [4.78, 5) is 0. The molecule has 1 saturated carbocycles. The lowest BCUT2D eigenvalue weighted by Gasteiger charge is -2.36. The average Bonchev–Trinajstić information content (AvgIpc) is 2.95. The van der Waals surface area contributed by atoms with Gasteiger partial charge in [-0.3, -0.25) is 0 Å². The van der Waals surface area contributed by atoms with Gasteiger partial charge in [0.2, 0.25) is 0 Å². The number of rotatable bonds is 10. The maximum Gasteiger partial charge on any atom is 0.118 e. The van der Waals surface area contributed by atoms with Crippen LogP contribution in [0.4, 0.5) is 0 Å². The number of hydrogen-bond acceptors (Lipinski definition) is 4. The first-order valence-electron chi connectivity index (χ1n) is 12.0. The van der Waals surface area contributed by atoms with Gasteiger partial charge < -0.3 is 19.3 Å². The van der Waals surface area contributed by atoms with Crippen LogP contribution in [-0.2, 0) is 16.1 Å². The number of hydrogen-bond donors (Lipinski definition) is 1. The Balaban J connectivity index is 1.61. The first kappa shape index (κ1) is 24.3. The number of ether oxygens (including phenoxy) is 3. The summed E-state index contributed by atoms with van der Waals surface area (Å²) in [5.41, 5.74) is 2.69. The maximum absolute atomic E-state index is 10.4. The van der Waals surface area contributed by atoms with Gasteiger partial charge in [-0.05, 0) is 85.0 Å². The third kappa shape index (κ3) is 6.12.